The Morgan fingerprint density at radius 3 is 2.87 bits per heavy atom. The summed E-state index contributed by atoms with van der Waals surface area (Å²) in [5, 5.41) is 0.447. The van der Waals surface area contributed by atoms with Crippen LogP contribution in [0.25, 0.3) is 0 Å². The Kier molecular flexibility index (Phi) is 2.28. The molecule has 1 aromatic heterocycles. The largest absolute Gasteiger partial charge is 0.474 e. The van der Waals surface area contributed by atoms with Crippen molar-refractivity contribution in [3.05, 3.63) is 17.5 Å². The molecule has 0 aromatic carbocycles. The molecule has 3 unspecified atom stereocenters. The van der Waals surface area contributed by atoms with Crippen molar-refractivity contribution >= 4 is 11.6 Å². The Morgan fingerprint density at radius 2 is 2.20 bits per heavy atom. The lowest BCUT2D eigenvalue weighted by Crippen LogP contribution is -2.23. The van der Waals surface area contributed by atoms with Gasteiger partial charge in [0.2, 0.25) is 5.88 Å². The number of hydrogen-bond acceptors (Lipinski definition) is 3. The van der Waals surface area contributed by atoms with Crippen LogP contribution >= 0.6 is 11.6 Å². The fourth-order valence-electron chi connectivity index (χ4n) is 2.87. The first-order valence-corrected chi connectivity index (χ1v) is 5.83. The molecule has 2 aliphatic carbocycles. The second kappa shape index (κ2) is 3.63. The molecule has 2 aliphatic rings. The molecule has 3 atom stereocenters. The van der Waals surface area contributed by atoms with Crippen LogP contribution in [0, 0.1) is 11.8 Å². The van der Waals surface area contributed by atoms with Crippen molar-refractivity contribution in [3.8, 4) is 5.88 Å². The van der Waals surface area contributed by atoms with E-state index in [2.05, 4.69) is 9.97 Å². The van der Waals surface area contributed by atoms with Gasteiger partial charge in [-0.1, -0.05) is 11.6 Å². The van der Waals surface area contributed by atoms with Gasteiger partial charge in [0.1, 0.15) is 17.6 Å². The number of ether oxygens (including phenoxy) is 1. The maximum atomic E-state index is 5.85. The van der Waals surface area contributed by atoms with Crippen molar-refractivity contribution in [2.24, 2.45) is 11.8 Å². The predicted octanol–water partition coefficient (Wildman–Crippen LogP) is 2.70. The molecular weight excluding hydrogens is 212 g/mol. The number of halogens is 1. The van der Waals surface area contributed by atoms with Crippen molar-refractivity contribution < 1.29 is 4.74 Å². The van der Waals surface area contributed by atoms with E-state index in [1.165, 1.54) is 32.0 Å². The minimum absolute atomic E-state index is 0.356. The zero-order valence-corrected chi connectivity index (χ0v) is 9.15. The predicted molar refractivity (Wildman–Crippen MR) is 56.9 cm³/mol. The van der Waals surface area contributed by atoms with E-state index in [1.807, 2.05) is 0 Å². The van der Waals surface area contributed by atoms with Crippen LogP contribution in [0.2, 0.25) is 5.15 Å². The second-order valence-corrected chi connectivity index (χ2v) is 4.90. The zero-order chi connectivity index (χ0) is 10.3. The Balaban J connectivity index is 1.71. The van der Waals surface area contributed by atoms with Gasteiger partial charge >= 0.3 is 0 Å². The molecule has 0 amide bonds. The smallest absolute Gasteiger partial charge is 0.218 e. The highest BCUT2D eigenvalue weighted by Gasteiger charge is 2.41. The topological polar surface area (TPSA) is 35.0 Å². The third-order valence-corrected chi connectivity index (χ3v) is 3.76. The minimum atomic E-state index is 0.356. The normalized spacial score (nSPS) is 33.3. The highest BCUT2D eigenvalue weighted by molar-refractivity contribution is 6.29. The van der Waals surface area contributed by atoms with Crippen LogP contribution in [0.4, 0.5) is 0 Å². The van der Waals surface area contributed by atoms with E-state index in [4.69, 9.17) is 16.3 Å². The highest BCUT2D eigenvalue weighted by Crippen LogP contribution is 2.45. The van der Waals surface area contributed by atoms with E-state index >= 15 is 0 Å². The van der Waals surface area contributed by atoms with Gasteiger partial charge < -0.3 is 4.74 Å². The third kappa shape index (κ3) is 1.81. The molecule has 2 fully saturated rings. The summed E-state index contributed by atoms with van der Waals surface area (Å²) in [6, 6.07) is 1.69. The quantitative estimate of drug-likeness (QED) is 0.725. The number of nitrogens with zero attached hydrogens (tertiary/aromatic N) is 2. The van der Waals surface area contributed by atoms with Gasteiger partial charge in [0.05, 0.1) is 0 Å². The van der Waals surface area contributed by atoms with Crippen molar-refractivity contribution in [2.45, 2.75) is 31.8 Å². The SMILES string of the molecule is Clc1cc(OC2CC3CCC2C3)ncn1. The van der Waals surface area contributed by atoms with Crippen LogP contribution in [-0.2, 0) is 0 Å². The summed E-state index contributed by atoms with van der Waals surface area (Å²) in [6.45, 7) is 0. The summed E-state index contributed by atoms with van der Waals surface area (Å²) in [4.78, 5) is 7.91. The lowest BCUT2D eigenvalue weighted by atomic mass is 9.98. The standard InChI is InChI=1S/C11H13ClN2O/c12-10-5-11(14-6-13-10)15-9-4-7-1-2-8(9)3-7/h5-9H,1-4H2. The van der Waals surface area contributed by atoms with Gasteiger partial charge in [0, 0.05) is 6.07 Å². The van der Waals surface area contributed by atoms with Crippen molar-refractivity contribution in [1.82, 2.24) is 9.97 Å². The van der Waals surface area contributed by atoms with Crippen LogP contribution in [0.15, 0.2) is 12.4 Å². The van der Waals surface area contributed by atoms with E-state index in [9.17, 15) is 0 Å². The number of aromatic nitrogens is 2. The van der Waals surface area contributed by atoms with Crippen molar-refractivity contribution in [3.63, 3.8) is 0 Å². The van der Waals surface area contributed by atoms with Crippen molar-refractivity contribution in [1.29, 1.82) is 0 Å². The molecule has 3 nitrogen and oxygen atoms in total. The molecule has 80 valence electrons. The fraction of sp³-hybridized carbons (Fsp3) is 0.636. The van der Waals surface area contributed by atoms with Crippen LogP contribution in [-0.4, -0.2) is 16.1 Å². The third-order valence-electron chi connectivity index (χ3n) is 3.55. The van der Waals surface area contributed by atoms with Gasteiger partial charge in [-0.25, -0.2) is 9.97 Å². The molecule has 15 heavy (non-hydrogen) atoms. The molecule has 0 aliphatic heterocycles. The van der Waals surface area contributed by atoms with E-state index in [0.29, 0.717) is 17.1 Å². The van der Waals surface area contributed by atoms with Crippen LogP contribution < -0.4 is 4.74 Å². The first kappa shape index (κ1) is 9.40. The molecule has 2 saturated carbocycles. The number of hydrogen-bond donors (Lipinski definition) is 0. The van der Waals surface area contributed by atoms with Gasteiger partial charge in [-0.3, -0.25) is 0 Å². The Morgan fingerprint density at radius 1 is 1.27 bits per heavy atom. The second-order valence-electron chi connectivity index (χ2n) is 4.51. The Bertz CT molecular complexity index is 371. The number of fused-ring (bicyclic) bond motifs is 2. The first-order chi connectivity index (χ1) is 7.31. The van der Waals surface area contributed by atoms with E-state index in [-0.39, 0.29) is 0 Å². The van der Waals surface area contributed by atoms with Gasteiger partial charge in [0.15, 0.2) is 0 Å². The Hall–Kier alpha value is -0.830. The van der Waals surface area contributed by atoms with Gasteiger partial charge in [0.25, 0.3) is 0 Å². The molecule has 0 radical (unpaired) electrons. The van der Waals surface area contributed by atoms with Gasteiger partial charge in [-0.15, -0.1) is 0 Å². The number of rotatable bonds is 2. The zero-order valence-electron chi connectivity index (χ0n) is 8.40. The summed E-state index contributed by atoms with van der Waals surface area (Å²) < 4.78 is 5.85. The highest BCUT2D eigenvalue weighted by atomic mass is 35.5. The summed E-state index contributed by atoms with van der Waals surface area (Å²) in [7, 11) is 0. The van der Waals surface area contributed by atoms with E-state index < -0.39 is 0 Å². The first-order valence-electron chi connectivity index (χ1n) is 5.45. The minimum Gasteiger partial charge on any atom is -0.474 e. The Labute approximate surface area is 93.8 Å². The molecule has 3 rings (SSSR count). The van der Waals surface area contributed by atoms with Crippen LogP contribution in [0.5, 0.6) is 5.88 Å². The average Bonchev–Trinajstić information content (AvgIpc) is 2.79. The molecule has 0 spiro atoms. The van der Waals surface area contributed by atoms with Crippen molar-refractivity contribution in [2.75, 3.05) is 0 Å². The lowest BCUT2D eigenvalue weighted by Gasteiger charge is -2.22. The maximum absolute atomic E-state index is 5.85. The maximum Gasteiger partial charge on any atom is 0.218 e. The van der Waals surface area contributed by atoms with E-state index in [0.717, 1.165) is 11.8 Å². The van der Waals surface area contributed by atoms with E-state index in [1.54, 1.807) is 6.07 Å². The summed E-state index contributed by atoms with van der Waals surface area (Å²) in [6.07, 6.45) is 7.03. The van der Waals surface area contributed by atoms with Crippen LogP contribution in [0.3, 0.4) is 0 Å². The fourth-order valence-corrected chi connectivity index (χ4v) is 3.00. The molecule has 0 saturated heterocycles. The van der Waals surface area contributed by atoms with Crippen LogP contribution in [0.1, 0.15) is 25.7 Å². The average molecular weight is 225 g/mol. The molecule has 4 heteroatoms. The molecule has 0 N–H and O–H groups in total. The molecule has 1 heterocycles. The summed E-state index contributed by atoms with van der Waals surface area (Å²) >= 11 is 5.78. The summed E-state index contributed by atoms with van der Waals surface area (Å²) in [5.41, 5.74) is 0. The molecule has 1 aromatic rings. The summed E-state index contributed by atoms with van der Waals surface area (Å²) in [5.74, 6) is 2.24. The molecule has 2 bridgehead atoms. The lowest BCUT2D eigenvalue weighted by molar-refractivity contribution is 0.132. The monoisotopic (exact) mass is 224 g/mol. The van der Waals surface area contributed by atoms with Gasteiger partial charge in [-0.2, -0.15) is 0 Å². The van der Waals surface area contributed by atoms with Gasteiger partial charge in [-0.05, 0) is 37.5 Å². The molecular formula is C11H13ClN2O.